The highest BCUT2D eigenvalue weighted by atomic mass is 19.3. The first-order valence-electron chi connectivity index (χ1n) is 8.19. The van der Waals surface area contributed by atoms with Crippen molar-refractivity contribution in [2.24, 2.45) is 0 Å². The van der Waals surface area contributed by atoms with Crippen LogP contribution < -0.4 is 10.2 Å². The summed E-state index contributed by atoms with van der Waals surface area (Å²) < 4.78 is 26.5. The van der Waals surface area contributed by atoms with E-state index in [-0.39, 0.29) is 31.8 Å². The van der Waals surface area contributed by atoms with Crippen molar-refractivity contribution in [2.75, 3.05) is 44.2 Å². The van der Waals surface area contributed by atoms with Gasteiger partial charge in [-0.25, -0.2) is 8.78 Å². The van der Waals surface area contributed by atoms with Crippen LogP contribution in [0.15, 0.2) is 18.2 Å². The fraction of sp³-hybridized carbons (Fsp3) is 0.588. The zero-order valence-corrected chi connectivity index (χ0v) is 13.4. The largest absolute Gasteiger partial charge is 0.369 e. The molecule has 2 aliphatic heterocycles. The Balaban J connectivity index is 1.76. The molecule has 0 radical (unpaired) electrons. The molecule has 126 valence electrons. The third-order valence-corrected chi connectivity index (χ3v) is 4.57. The average molecular weight is 323 g/mol. The Morgan fingerprint density at radius 3 is 2.39 bits per heavy atom. The third kappa shape index (κ3) is 3.80. The molecule has 0 saturated carbocycles. The number of anilines is 1. The minimum Gasteiger partial charge on any atom is -0.369 e. The smallest absolute Gasteiger partial charge is 0.253 e. The molecule has 0 aromatic heterocycles. The molecule has 1 N–H and O–H groups in total. The molecule has 6 heteroatoms. The van der Waals surface area contributed by atoms with Crippen LogP contribution in [-0.4, -0.2) is 56.0 Å². The highest BCUT2D eigenvalue weighted by molar-refractivity contribution is 5.95. The van der Waals surface area contributed by atoms with Gasteiger partial charge in [0.15, 0.2) is 0 Å². The first kappa shape index (κ1) is 16.2. The first-order chi connectivity index (χ1) is 10.9. The Hall–Kier alpha value is -1.69. The lowest BCUT2D eigenvalue weighted by Gasteiger charge is -2.33. The van der Waals surface area contributed by atoms with E-state index in [9.17, 15) is 13.6 Å². The molecule has 0 aliphatic carbocycles. The van der Waals surface area contributed by atoms with Gasteiger partial charge in [-0.15, -0.1) is 0 Å². The van der Waals surface area contributed by atoms with Gasteiger partial charge in [-0.2, -0.15) is 0 Å². The van der Waals surface area contributed by atoms with Crippen molar-refractivity contribution in [3.8, 4) is 0 Å². The summed E-state index contributed by atoms with van der Waals surface area (Å²) in [4.78, 5) is 16.5. The van der Waals surface area contributed by atoms with E-state index in [1.165, 1.54) is 0 Å². The predicted molar refractivity (Wildman–Crippen MR) is 86.3 cm³/mol. The van der Waals surface area contributed by atoms with E-state index >= 15 is 0 Å². The number of hydrogen-bond donors (Lipinski definition) is 1. The lowest BCUT2D eigenvalue weighted by Crippen LogP contribution is -2.44. The monoisotopic (exact) mass is 323 g/mol. The molecule has 0 atom stereocenters. The molecule has 2 fully saturated rings. The fourth-order valence-corrected chi connectivity index (χ4v) is 3.21. The van der Waals surface area contributed by atoms with E-state index in [1.54, 1.807) is 4.90 Å². The van der Waals surface area contributed by atoms with E-state index in [2.05, 4.69) is 16.3 Å². The normalized spacial score (nSPS) is 21.3. The zero-order valence-electron chi connectivity index (χ0n) is 13.4. The van der Waals surface area contributed by atoms with Crippen LogP contribution in [0.5, 0.6) is 0 Å². The molecule has 1 amide bonds. The molecule has 0 unspecified atom stereocenters. The maximum absolute atomic E-state index is 13.3. The molecule has 3 rings (SSSR count). The predicted octanol–water partition coefficient (Wildman–Crippen LogP) is 2.28. The Labute approximate surface area is 135 Å². The summed E-state index contributed by atoms with van der Waals surface area (Å²) in [5.41, 5.74) is 2.66. The highest BCUT2D eigenvalue weighted by Crippen LogP contribution is 2.29. The second-order valence-corrected chi connectivity index (χ2v) is 6.44. The number of benzene rings is 1. The van der Waals surface area contributed by atoms with Crippen molar-refractivity contribution in [2.45, 2.75) is 25.7 Å². The number of nitrogens with one attached hydrogen (secondary N) is 1. The molecule has 0 bridgehead atoms. The maximum atomic E-state index is 13.3. The van der Waals surface area contributed by atoms with Gasteiger partial charge in [-0.05, 0) is 30.7 Å². The van der Waals surface area contributed by atoms with Gasteiger partial charge in [-0.3, -0.25) is 4.79 Å². The number of nitrogens with zero attached hydrogens (tertiary/aromatic N) is 2. The highest BCUT2D eigenvalue weighted by Gasteiger charge is 2.35. The Kier molecular flexibility index (Phi) is 4.53. The number of amides is 1. The van der Waals surface area contributed by atoms with E-state index in [0.29, 0.717) is 5.56 Å². The van der Waals surface area contributed by atoms with Gasteiger partial charge in [-0.1, -0.05) is 0 Å². The minimum absolute atomic E-state index is 0.128. The molecule has 2 aliphatic rings. The summed E-state index contributed by atoms with van der Waals surface area (Å²) in [6, 6.07) is 5.82. The lowest BCUT2D eigenvalue weighted by molar-refractivity contribution is -0.0494. The van der Waals surface area contributed by atoms with Gasteiger partial charge < -0.3 is 15.1 Å². The van der Waals surface area contributed by atoms with Gasteiger partial charge in [0.1, 0.15) is 0 Å². The lowest BCUT2D eigenvalue weighted by atomic mass is 10.0. The van der Waals surface area contributed by atoms with Crippen LogP contribution in [0.1, 0.15) is 28.8 Å². The molecule has 4 nitrogen and oxygen atoms in total. The third-order valence-electron chi connectivity index (χ3n) is 4.57. The first-order valence-corrected chi connectivity index (χ1v) is 8.19. The summed E-state index contributed by atoms with van der Waals surface area (Å²) in [5.74, 6) is -2.77. The number of aryl methyl sites for hydroxylation is 1. The Morgan fingerprint density at radius 1 is 1.09 bits per heavy atom. The number of likely N-dealkylation sites (tertiary alicyclic amines) is 1. The van der Waals surface area contributed by atoms with E-state index < -0.39 is 5.92 Å². The van der Waals surface area contributed by atoms with Gasteiger partial charge in [0.05, 0.1) is 0 Å². The molecule has 2 heterocycles. The number of carbonyl (C=O) groups is 1. The van der Waals surface area contributed by atoms with Crippen LogP contribution in [0.3, 0.4) is 0 Å². The topological polar surface area (TPSA) is 35.6 Å². The van der Waals surface area contributed by atoms with Gasteiger partial charge in [0.2, 0.25) is 0 Å². The van der Waals surface area contributed by atoms with E-state index in [4.69, 9.17) is 0 Å². The number of hydrogen-bond acceptors (Lipinski definition) is 3. The number of piperazine rings is 1. The number of rotatable bonds is 2. The molecule has 1 aromatic rings. The van der Waals surface area contributed by atoms with Crippen LogP contribution in [-0.2, 0) is 0 Å². The maximum Gasteiger partial charge on any atom is 0.253 e. The SMILES string of the molecule is Cc1cc(C(=O)N2CCC(F)(F)CC2)cc(N2CCNCC2)c1. The molecule has 1 aromatic carbocycles. The van der Waals surface area contributed by atoms with Gasteiger partial charge in [0.25, 0.3) is 11.8 Å². The van der Waals surface area contributed by atoms with Crippen molar-refractivity contribution < 1.29 is 13.6 Å². The van der Waals surface area contributed by atoms with Crippen LogP contribution in [0.2, 0.25) is 0 Å². The van der Waals surface area contributed by atoms with E-state index in [1.807, 2.05) is 19.1 Å². The van der Waals surface area contributed by atoms with Crippen LogP contribution in [0, 0.1) is 6.92 Å². The van der Waals surface area contributed by atoms with Crippen LogP contribution in [0.4, 0.5) is 14.5 Å². The summed E-state index contributed by atoms with van der Waals surface area (Å²) in [6.07, 6.45) is -0.482. The van der Waals surface area contributed by atoms with E-state index in [0.717, 1.165) is 37.4 Å². The molecular formula is C17H23F2N3O. The Morgan fingerprint density at radius 2 is 1.74 bits per heavy atom. The summed E-state index contributed by atoms with van der Waals surface area (Å²) >= 11 is 0. The standard InChI is InChI=1S/C17H23F2N3O/c1-13-10-14(12-15(11-13)21-8-4-20-5-9-21)16(23)22-6-2-17(18,19)3-7-22/h10-12,20H,2-9H2,1H3. The second kappa shape index (κ2) is 6.43. The number of alkyl halides is 2. The fourth-order valence-electron chi connectivity index (χ4n) is 3.21. The minimum atomic E-state index is -2.63. The van der Waals surface area contributed by atoms with Crippen molar-refractivity contribution in [3.63, 3.8) is 0 Å². The summed E-state index contributed by atoms with van der Waals surface area (Å²) in [7, 11) is 0. The van der Waals surface area contributed by atoms with Crippen molar-refractivity contribution in [1.82, 2.24) is 10.2 Å². The molecular weight excluding hydrogens is 300 g/mol. The van der Waals surface area contributed by atoms with Crippen molar-refractivity contribution in [1.29, 1.82) is 0 Å². The zero-order chi connectivity index (χ0) is 16.4. The van der Waals surface area contributed by atoms with Crippen LogP contribution in [0.25, 0.3) is 0 Å². The van der Waals surface area contributed by atoms with Gasteiger partial charge in [0, 0.05) is 63.4 Å². The Bertz CT molecular complexity index is 575. The molecule has 23 heavy (non-hydrogen) atoms. The molecule has 2 saturated heterocycles. The average Bonchev–Trinajstić information content (AvgIpc) is 2.54. The van der Waals surface area contributed by atoms with Crippen molar-refractivity contribution >= 4 is 11.6 Å². The number of halogens is 2. The van der Waals surface area contributed by atoms with Gasteiger partial charge >= 0.3 is 0 Å². The van der Waals surface area contributed by atoms with Crippen LogP contribution >= 0.6 is 0 Å². The summed E-state index contributed by atoms with van der Waals surface area (Å²) in [5, 5.41) is 3.31. The summed E-state index contributed by atoms with van der Waals surface area (Å²) in [6.45, 7) is 5.90. The number of carbonyl (C=O) groups excluding carboxylic acids is 1. The number of piperidine rings is 1. The second-order valence-electron chi connectivity index (χ2n) is 6.44. The quantitative estimate of drug-likeness (QED) is 0.907. The molecule has 0 spiro atoms. The van der Waals surface area contributed by atoms with Crippen molar-refractivity contribution in [3.05, 3.63) is 29.3 Å².